The fourth-order valence-electron chi connectivity index (χ4n) is 3.20. The molecule has 10 nitrogen and oxygen atoms in total. The Morgan fingerprint density at radius 1 is 1.27 bits per heavy atom. The highest BCUT2D eigenvalue weighted by atomic mass is 35.5. The van der Waals surface area contributed by atoms with Crippen LogP contribution in [0.4, 0.5) is 5.82 Å². The first kappa shape index (κ1) is 18.6. The van der Waals surface area contributed by atoms with Crippen molar-refractivity contribution in [3.8, 4) is 5.82 Å². The number of aliphatic hydroxyl groups excluding tert-OH is 1. The van der Waals surface area contributed by atoms with Crippen LogP contribution in [0.5, 0.6) is 0 Å². The van der Waals surface area contributed by atoms with Crippen molar-refractivity contribution in [1.82, 2.24) is 34.7 Å². The zero-order chi connectivity index (χ0) is 20.7. The van der Waals surface area contributed by atoms with Crippen LogP contribution in [-0.4, -0.2) is 46.4 Å². The van der Waals surface area contributed by atoms with Gasteiger partial charge < -0.3 is 10.4 Å². The van der Waals surface area contributed by atoms with Crippen molar-refractivity contribution in [3.63, 3.8) is 0 Å². The average molecular weight is 441 g/mol. The molecule has 4 heterocycles. The fraction of sp³-hybridized carbons (Fsp3) is 0.111. The number of halogens is 1. The molecule has 0 aliphatic carbocycles. The lowest BCUT2D eigenvalue weighted by Crippen LogP contribution is -2.30. The van der Waals surface area contributed by atoms with Gasteiger partial charge in [0.1, 0.15) is 34.4 Å². The highest BCUT2D eigenvalue weighted by molar-refractivity contribution is 7.16. The predicted molar refractivity (Wildman–Crippen MR) is 113 cm³/mol. The van der Waals surface area contributed by atoms with Crippen molar-refractivity contribution in [2.75, 3.05) is 11.9 Å². The predicted octanol–water partition coefficient (Wildman–Crippen LogP) is 2.31. The molecule has 0 aliphatic rings. The molecule has 0 saturated carbocycles. The number of nitrogens with zero attached hydrogens (tertiary/aromatic N) is 6. The lowest BCUT2D eigenvalue weighted by atomic mass is 10.2. The molecule has 0 saturated heterocycles. The van der Waals surface area contributed by atoms with Gasteiger partial charge in [-0.25, -0.2) is 24.5 Å². The van der Waals surface area contributed by atoms with Gasteiger partial charge in [-0.2, -0.15) is 5.10 Å². The maximum Gasteiger partial charge on any atom is 0.268 e. The first-order valence-corrected chi connectivity index (χ1v) is 10.1. The van der Waals surface area contributed by atoms with Gasteiger partial charge in [-0.05, 0) is 12.1 Å². The number of hydrogen-bond donors (Lipinski definition) is 3. The lowest BCUT2D eigenvalue weighted by molar-refractivity contribution is 0.270. The Kier molecular flexibility index (Phi) is 4.62. The Balaban J connectivity index is 1.73. The number of H-pyrrole nitrogens is 1. The highest BCUT2D eigenvalue weighted by Gasteiger charge is 2.23. The summed E-state index contributed by atoms with van der Waals surface area (Å²) >= 11 is 7.65. The van der Waals surface area contributed by atoms with Crippen molar-refractivity contribution in [3.05, 3.63) is 63.5 Å². The second kappa shape index (κ2) is 7.44. The van der Waals surface area contributed by atoms with Crippen LogP contribution in [0.25, 0.3) is 27.1 Å². The van der Waals surface area contributed by atoms with Gasteiger partial charge in [0.2, 0.25) is 0 Å². The van der Waals surface area contributed by atoms with Crippen molar-refractivity contribution in [1.29, 1.82) is 0 Å². The third kappa shape index (κ3) is 3.00. The highest BCUT2D eigenvalue weighted by Crippen LogP contribution is 2.26. The van der Waals surface area contributed by atoms with E-state index in [0.29, 0.717) is 32.5 Å². The molecule has 150 valence electrons. The van der Waals surface area contributed by atoms with Crippen LogP contribution in [0.15, 0.2) is 47.1 Å². The molecule has 0 unspecified atom stereocenters. The standard InChI is InChI=1S/C18H13ClN8O2S/c19-9-2-1-3-10-13(9)18(29)27(12-4-5-23-26-12)16(25-10)11(6-28)24-15-14-17(21-7-20-15)30-8-22-14/h1-5,7-8,11,28H,6H2,(H,23,26)(H,20,21,24)/t11-/m0/s1. The Labute approximate surface area is 177 Å². The summed E-state index contributed by atoms with van der Waals surface area (Å²) in [6.45, 7) is -0.359. The first-order chi connectivity index (χ1) is 14.7. The number of thiazole rings is 1. The fourth-order valence-corrected chi connectivity index (χ4v) is 4.08. The molecular formula is C18H13ClN8O2S. The van der Waals surface area contributed by atoms with Crippen molar-refractivity contribution < 1.29 is 5.11 Å². The number of fused-ring (bicyclic) bond motifs is 2. The molecular weight excluding hydrogens is 428 g/mol. The van der Waals surface area contributed by atoms with Gasteiger partial charge in [0.15, 0.2) is 5.82 Å². The quantitative estimate of drug-likeness (QED) is 0.379. The smallest absolute Gasteiger partial charge is 0.268 e. The van der Waals surface area contributed by atoms with Gasteiger partial charge in [-0.1, -0.05) is 17.7 Å². The minimum absolute atomic E-state index is 0.267. The normalized spacial score (nSPS) is 12.5. The Morgan fingerprint density at radius 3 is 2.97 bits per heavy atom. The molecule has 0 fully saturated rings. The van der Waals surface area contributed by atoms with Gasteiger partial charge in [-0.15, -0.1) is 11.3 Å². The van der Waals surface area contributed by atoms with E-state index in [1.807, 2.05) is 0 Å². The minimum Gasteiger partial charge on any atom is -0.394 e. The van der Waals surface area contributed by atoms with Crippen LogP contribution in [0.3, 0.4) is 0 Å². The molecule has 0 radical (unpaired) electrons. The molecule has 0 amide bonds. The monoisotopic (exact) mass is 440 g/mol. The van der Waals surface area contributed by atoms with E-state index >= 15 is 0 Å². The van der Waals surface area contributed by atoms with Gasteiger partial charge in [0, 0.05) is 6.07 Å². The van der Waals surface area contributed by atoms with E-state index in [-0.39, 0.29) is 23.4 Å². The number of hydrogen-bond acceptors (Lipinski definition) is 9. The summed E-state index contributed by atoms with van der Waals surface area (Å²) in [6, 6.07) is 5.90. The molecule has 12 heteroatoms. The van der Waals surface area contributed by atoms with E-state index in [1.165, 1.54) is 28.4 Å². The van der Waals surface area contributed by atoms with Crippen LogP contribution in [0.1, 0.15) is 11.9 Å². The second-order valence-electron chi connectivity index (χ2n) is 6.29. The van der Waals surface area contributed by atoms with E-state index in [9.17, 15) is 9.90 Å². The van der Waals surface area contributed by atoms with E-state index in [2.05, 4.69) is 35.5 Å². The van der Waals surface area contributed by atoms with Crippen molar-refractivity contribution in [2.24, 2.45) is 0 Å². The Morgan fingerprint density at radius 2 is 2.17 bits per heavy atom. The zero-order valence-electron chi connectivity index (χ0n) is 15.2. The molecule has 30 heavy (non-hydrogen) atoms. The third-order valence-corrected chi connectivity index (χ3v) is 5.59. The van der Waals surface area contributed by atoms with Crippen LogP contribution in [0.2, 0.25) is 5.02 Å². The third-order valence-electron chi connectivity index (χ3n) is 4.54. The summed E-state index contributed by atoms with van der Waals surface area (Å²) in [4.78, 5) is 31.4. The summed E-state index contributed by atoms with van der Waals surface area (Å²) in [5.41, 5.74) is 2.27. The maximum absolute atomic E-state index is 13.4. The number of rotatable bonds is 5. The van der Waals surface area contributed by atoms with Gasteiger partial charge in [0.25, 0.3) is 5.56 Å². The number of aromatic nitrogens is 7. The van der Waals surface area contributed by atoms with Crippen molar-refractivity contribution in [2.45, 2.75) is 6.04 Å². The summed E-state index contributed by atoms with van der Waals surface area (Å²) in [6.07, 6.45) is 2.93. The van der Waals surface area contributed by atoms with Crippen molar-refractivity contribution >= 4 is 50.0 Å². The molecule has 1 atom stereocenters. The van der Waals surface area contributed by atoms with Crippen LogP contribution in [-0.2, 0) is 0 Å². The molecule has 5 aromatic rings. The number of anilines is 1. The van der Waals surface area contributed by atoms with Gasteiger partial charge in [-0.3, -0.25) is 9.89 Å². The topological polar surface area (TPSA) is 134 Å². The Hall–Kier alpha value is -3.41. The first-order valence-electron chi connectivity index (χ1n) is 8.80. The lowest BCUT2D eigenvalue weighted by Gasteiger charge is -2.21. The summed E-state index contributed by atoms with van der Waals surface area (Å²) in [5.74, 6) is 1.09. The Bertz CT molecular complexity index is 1420. The number of benzene rings is 1. The second-order valence-corrected chi connectivity index (χ2v) is 7.53. The number of nitrogens with one attached hydrogen (secondary N) is 2. The zero-order valence-corrected chi connectivity index (χ0v) is 16.7. The summed E-state index contributed by atoms with van der Waals surface area (Å²) in [7, 11) is 0. The SMILES string of the molecule is O=c1c2c(Cl)cccc2nc([C@H](CO)Nc2ncnc3scnc23)n1-c1ccn[nH]1. The molecule has 0 bridgehead atoms. The van der Waals surface area contributed by atoms with Crippen LogP contribution < -0.4 is 10.9 Å². The van der Waals surface area contributed by atoms with Gasteiger partial charge in [0.05, 0.1) is 34.2 Å². The van der Waals surface area contributed by atoms with E-state index in [0.717, 1.165) is 0 Å². The molecule has 0 aliphatic heterocycles. The average Bonchev–Trinajstić information content (AvgIpc) is 3.44. The minimum atomic E-state index is -0.774. The largest absolute Gasteiger partial charge is 0.394 e. The molecule has 5 rings (SSSR count). The van der Waals surface area contributed by atoms with Gasteiger partial charge >= 0.3 is 0 Å². The summed E-state index contributed by atoms with van der Waals surface area (Å²) in [5, 5.41) is 20.6. The number of aliphatic hydroxyl groups is 1. The van der Waals surface area contributed by atoms with E-state index in [4.69, 9.17) is 11.6 Å². The maximum atomic E-state index is 13.4. The van der Waals surface area contributed by atoms with Crippen LogP contribution >= 0.6 is 22.9 Å². The molecule has 4 aromatic heterocycles. The molecule has 1 aromatic carbocycles. The molecule has 3 N–H and O–H groups in total. The van der Waals surface area contributed by atoms with Crippen LogP contribution in [0, 0.1) is 0 Å². The van der Waals surface area contributed by atoms with E-state index in [1.54, 1.807) is 29.8 Å². The van der Waals surface area contributed by atoms with E-state index < -0.39 is 6.04 Å². The number of aromatic amines is 1. The summed E-state index contributed by atoms with van der Waals surface area (Å²) < 4.78 is 1.34. The molecule has 0 spiro atoms.